The average molecular weight is 338 g/mol. The number of aliphatic imine (C=N–C) groups is 1. The largest absolute Gasteiger partial charge is 0.382 e. The number of hydrogen-bond acceptors (Lipinski definition) is 4. The van der Waals surface area contributed by atoms with Crippen LogP contribution >= 0.6 is 11.6 Å². The fraction of sp³-hybridized carbons (Fsp3) is 0.167. The normalized spacial score (nSPS) is 19.7. The molecule has 0 bridgehead atoms. The summed E-state index contributed by atoms with van der Waals surface area (Å²) in [6.45, 7) is 2.71. The van der Waals surface area contributed by atoms with Crippen LogP contribution < -0.4 is 5.73 Å². The van der Waals surface area contributed by atoms with Gasteiger partial charge in [-0.25, -0.2) is 0 Å². The van der Waals surface area contributed by atoms with Gasteiger partial charge in [0.25, 0.3) is 0 Å². The Balaban J connectivity index is 1.76. The van der Waals surface area contributed by atoms with Gasteiger partial charge in [0.1, 0.15) is 17.1 Å². The van der Waals surface area contributed by atoms with Crippen molar-refractivity contribution >= 4 is 17.4 Å². The Morgan fingerprint density at radius 3 is 2.88 bits per heavy atom. The van der Waals surface area contributed by atoms with Crippen LogP contribution in [0.25, 0.3) is 11.3 Å². The molecule has 5 nitrogen and oxygen atoms in total. The minimum atomic E-state index is -0.467. The van der Waals surface area contributed by atoms with Crippen molar-refractivity contribution in [3.05, 3.63) is 71.1 Å². The Morgan fingerprint density at radius 2 is 2.08 bits per heavy atom. The summed E-state index contributed by atoms with van der Waals surface area (Å²) < 4.78 is 1.90. The minimum absolute atomic E-state index is 0.467. The molecular formula is C18H16ClN5. The van der Waals surface area contributed by atoms with E-state index >= 15 is 0 Å². The van der Waals surface area contributed by atoms with Crippen LogP contribution in [0.1, 0.15) is 18.2 Å². The SMILES string of the molecule is C[C@]1(c2cccc(-c3ccc(Cl)cn3)c2)Cn2nccc2C(N)=N1. The van der Waals surface area contributed by atoms with E-state index in [1.54, 1.807) is 12.4 Å². The van der Waals surface area contributed by atoms with E-state index in [4.69, 9.17) is 22.3 Å². The number of nitrogens with two attached hydrogens (primary N) is 1. The van der Waals surface area contributed by atoms with Crippen LogP contribution in [0.5, 0.6) is 0 Å². The Kier molecular flexibility index (Phi) is 3.39. The number of amidine groups is 1. The zero-order chi connectivity index (χ0) is 16.7. The molecule has 1 aliphatic rings. The second kappa shape index (κ2) is 5.46. The third kappa shape index (κ3) is 2.47. The van der Waals surface area contributed by atoms with Gasteiger partial charge in [-0.05, 0) is 36.8 Å². The molecule has 120 valence electrons. The molecule has 4 rings (SSSR count). The number of halogens is 1. The number of rotatable bonds is 2. The number of nitrogens with zero attached hydrogens (tertiary/aromatic N) is 4. The molecule has 24 heavy (non-hydrogen) atoms. The van der Waals surface area contributed by atoms with Crippen molar-refractivity contribution in [2.45, 2.75) is 19.0 Å². The molecule has 1 aliphatic heterocycles. The van der Waals surface area contributed by atoms with E-state index in [9.17, 15) is 0 Å². The highest BCUT2D eigenvalue weighted by Gasteiger charge is 2.32. The van der Waals surface area contributed by atoms with Gasteiger partial charge in [-0.2, -0.15) is 5.10 Å². The fourth-order valence-electron chi connectivity index (χ4n) is 3.04. The Hall–Kier alpha value is -2.66. The Bertz CT molecular complexity index is 929. The molecule has 2 aromatic heterocycles. The highest BCUT2D eigenvalue weighted by atomic mass is 35.5. The van der Waals surface area contributed by atoms with Crippen molar-refractivity contribution in [1.29, 1.82) is 0 Å². The first-order chi connectivity index (χ1) is 11.5. The van der Waals surface area contributed by atoms with Gasteiger partial charge >= 0.3 is 0 Å². The van der Waals surface area contributed by atoms with Crippen LogP contribution in [0.3, 0.4) is 0 Å². The third-order valence-electron chi connectivity index (χ3n) is 4.31. The minimum Gasteiger partial charge on any atom is -0.382 e. The van der Waals surface area contributed by atoms with Gasteiger partial charge in [-0.15, -0.1) is 0 Å². The first-order valence-corrected chi connectivity index (χ1v) is 8.03. The lowest BCUT2D eigenvalue weighted by Crippen LogP contribution is -2.37. The van der Waals surface area contributed by atoms with Crippen molar-refractivity contribution in [3.8, 4) is 11.3 Å². The molecular weight excluding hydrogens is 322 g/mol. The van der Waals surface area contributed by atoms with E-state index in [1.165, 1.54) is 0 Å². The lowest BCUT2D eigenvalue weighted by atomic mass is 9.89. The number of pyridine rings is 1. The maximum atomic E-state index is 6.13. The van der Waals surface area contributed by atoms with Crippen molar-refractivity contribution in [3.63, 3.8) is 0 Å². The summed E-state index contributed by atoms with van der Waals surface area (Å²) in [4.78, 5) is 9.13. The van der Waals surface area contributed by atoms with Gasteiger partial charge in [-0.1, -0.05) is 29.8 Å². The monoisotopic (exact) mass is 337 g/mol. The number of aromatic nitrogens is 3. The molecule has 0 saturated carbocycles. The van der Waals surface area contributed by atoms with Crippen molar-refractivity contribution < 1.29 is 0 Å². The topological polar surface area (TPSA) is 69.1 Å². The van der Waals surface area contributed by atoms with Crippen LogP contribution in [0, 0.1) is 0 Å². The quantitative estimate of drug-likeness (QED) is 0.780. The molecule has 0 saturated heterocycles. The van der Waals surface area contributed by atoms with Gasteiger partial charge in [0, 0.05) is 18.0 Å². The molecule has 1 aromatic carbocycles. The second-order valence-electron chi connectivity index (χ2n) is 6.09. The Labute approximate surface area is 144 Å². The summed E-state index contributed by atoms with van der Waals surface area (Å²) in [7, 11) is 0. The predicted octanol–water partition coefficient (Wildman–Crippen LogP) is 3.23. The maximum absolute atomic E-state index is 6.13. The standard InChI is InChI=1S/C18H16ClN5/c1-18(11-24-16(7-8-22-24)17(20)23-18)13-4-2-3-12(9-13)15-6-5-14(19)10-21-15/h2-10H,11H2,1H3,(H2,20,23)/t18-/m1/s1. The summed E-state index contributed by atoms with van der Waals surface area (Å²) in [6.07, 6.45) is 3.40. The molecule has 3 aromatic rings. The first kappa shape index (κ1) is 14.9. The van der Waals surface area contributed by atoms with Crippen molar-refractivity contribution in [2.75, 3.05) is 0 Å². The van der Waals surface area contributed by atoms with E-state index in [0.29, 0.717) is 17.4 Å². The molecule has 0 amide bonds. The zero-order valence-electron chi connectivity index (χ0n) is 13.1. The van der Waals surface area contributed by atoms with Gasteiger partial charge in [0.15, 0.2) is 0 Å². The third-order valence-corrected chi connectivity index (χ3v) is 4.54. The van der Waals surface area contributed by atoms with E-state index in [2.05, 4.69) is 29.1 Å². The van der Waals surface area contributed by atoms with Crippen LogP contribution in [0.2, 0.25) is 5.02 Å². The highest BCUT2D eigenvalue weighted by Crippen LogP contribution is 2.33. The number of fused-ring (bicyclic) bond motifs is 1. The number of benzene rings is 1. The molecule has 3 heterocycles. The second-order valence-corrected chi connectivity index (χ2v) is 6.52. The molecule has 0 fully saturated rings. The fourth-order valence-corrected chi connectivity index (χ4v) is 3.15. The van der Waals surface area contributed by atoms with E-state index < -0.39 is 5.54 Å². The van der Waals surface area contributed by atoms with Crippen LogP contribution in [-0.2, 0) is 12.1 Å². The highest BCUT2D eigenvalue weighted by molar-refractivity contribution is 6.30. The molecule has 0 radical (unpaired) electrons. The van der Waals surface area contributed by atoms with Crippen molar-refractivity contribution in [2.24, 2.45) is 10.7 Å². The summed E-state index contributed by atoms with van der Waals surface area (Å²) in [5.41, 5.74) is 9.49. The summed E-state index contributed by atoms with van der Waals surface area (Å²) in [6, 6.07) is 13.8. The summed E-state index contributed by atoms with van der Waals surface area (Å²) in [5.74, 6) is 0.510. The predicted molar refractivity (Wildman–Crippen MR) is 95.0 cm³/mol. The van der Waals surface area contributed by atoms with Gasteiger partial charge < -0.3 is 5.73 Å². The van der Waals surface area contributed by atoms with Crippen LogP contribution in [-0.4, -0.2) is 20.6 Å². The average Bonchev–Trinajstić information content (AvgIpc) is 3.04. The molecule has 6 heteroatoms. The molecule has 0 aliphatic carbocycles. The summed E-state index contributed by atoms with van der Waals surface area (Å²) in [5, 5.41) is 4.97. The van der Waals surface area contributed by atoms with Crippen molar-refractivity contribution in [1.82, 2.24) is 14.8 Å². The maximum Gasteiger partial charge on any atom is 0.145 e. The molecule has 1 atom stereocenters. The molecule has 0 unspecified atom stereocenters. The zero-order valence-corrected chi connectivity index (χ0v) is 13.9. The van der Waals surface area contributed by atoms with E-state index in [-0.39, 0.29) is 0 Å². The summed E-state index contributed by atoms with van der Waals surface area (Å²) >= 11 is 5.92. The van der Waals surface area contributed by atoms with Crippen LogP contribution in [0.4, 0.5) is 0 Å². The van der Waals surface area contributed by atoms with Gasteiger partial charge in [0.05, 0.1) is 17.3 Å². The molecule has 0 spiro atoms. The van der Waals surface area contributed by atoms with Gasteiger partial charge in [0.2, 0.25) is 0 Å². The lowest BCUT2D eigenvalue weighted by Gasteiger charge is -2.31. The van der Waals surface area contributed by atoms with E-state index in [1.807, 2.05) is 35.0 Å². The smallest absolute Gasteiger partial charge is 0.145 e. The lowest BCUT2D eigenvalue weighted by molar-refractivity contribution is 0.377. The number of hydrogen-bond donors (Lipinski definition) is 1. The van der Waals surface area contributed by atoms with E-state index in [0.717, 1.165) is 22.5 Å². The Morgan fingerprint density at radius 1 is 1.21 bits per heavy atom. The van der Waals surface area contributed by atoms with Crippen LogP contribution in [0.15, 0.2) is 59.9 Å². The molecule has 2 N–H and O–H groups in total. The first-order valence-electron chi connectivity index (χ1n) is 7.65. The van der Waals surface area contributed by atoms with Gasteiger partial charge in [-0.3, -0.25) is 14.7 Å².